The van der Waals surface area contributed by atoms with E-state index in [2.05, 4.69) is 0 Å². The van der Waals surface area contributed by atoms with Crippen molar-refractivity contribution in [2.75, 3.05) is 19.0 Å². The second-order valence-electron chi connectivity index (χ2n) is 5.90. The van der Waals surface area contributed by atoms with Gasteiger partial charge in [-0.25, -0.2) is 0 Å². The molecule has 1 saturated carbocycles. The zero-order chi connectivity index (χ0) is 14.4. The van der Waals surface area contributed by atoms with Gasteiger partial charge in [-0.1, -0.05) is 19.3 Å². The molecule has 1 heterocycles. The number of hydrogen-bond acceptors (Lipinski definition) is 5. The van der Waals surface area contributed by atoms with Gasteiger partial charge >= 0.3 is 5.97 Å². The van der Waals surface area contributed by atoms with Crippen LogP contribution in [0.25, 0.3) is 0 Å². The van der Waals surface area contributed by atoms with Crippen LogP contribution >= 0.6 is 11.8 Å². The lowest BCUT2D eigenvalue weighted by Crippen LogP contribution is -2.43. The second kappa shape index (κ2) is 7.66. The third-order valence-electron chi connectivity index (χ3n) is 4.31. The van der Waals surface area contributed by atoms with Crippen LogP contribution in [0.1, 0.15) is 51.9 Å². The van der Waals surface area contributed by atoms with E-state index in [-0.39, 0.29) is 11.6 Å². The average molecular weight is 301 g/mol. The molecule has 2 atom stereocenters. The number of carbonyl (C=O) groups is 1. The highest BCUT2D eigenvalue weighted by Gasteiger charge is 2.38. The van der Waals surface area contributed by atoms with Gasteiger partial charge in [0.25, 0.3) is 0 Å². The van der Waals surface area contributed by atoms with Crippen molar-refractivity contribution < 1.29 is 14.3 Å². The Morgan fingerprint density at radius 3 is 2.90 bits per heavy atom. The summed E-state index contributed by atoms with van der Waals surface area (Å²) in [6.07, 6.45) is 8.52. The first kappa shape index (κ1) is 16.1. The van der Waals surface area contributed by atoms with Crippen molar-refractivity contribution in [3.8, 4) is 0 Å². The lowest BCUT2D eigenvalue weighted by molar-refractivity contribution is -0.144. The third-order valence-corrected chi connectivity index (χ3v) is 5.74. The quantitative estimate of drug-likeness (QED) is 0.791. The monoisotopic (exact) mass is 301 g/mol. The van der Waals surface area contributed by atoms with Crippen LogP contribution in [0.3, 0.4) is 0 Å². The van der Waals surface area contributed by atoms with E-state index in [0.29, 0.717) is 17.6 Å². The highest BCUT2D eigenvalue weighted by Crippen LogP contribution is 2.41. The van der Waals surface area contributed by atoms with Gasteiger partial charge in [0, 0.05) is 17.6 Å². The molecule has 20 heavy (non-hydrogen) atoms. The van der Waals surface area contributed by atoms with E-state index in [0.717, 1.165) is 19.4 Å². The Balaban J connectivity index is 1.76. The van der Waals surface area contributed by atoms with Crippen LogP contribution in [-0.4, -0.2) is 41.8 Å². The van der Waals surface area contributed by atoms with E-state index in [1.54, 1.807) is 0 Å². The number of esters is 1. The van der Waals surface area contributed by atoms with Crippen molar-refractivity contribution >= 4 is 17.7 Å². The number of hydrogen-bond donors (Lipinski definition) is 1. The zero-order valence-corrected chi connectivity index (χ0v) is 13.3. The van der Waals surface area contributed by atoms with Gasteiger partial charge in [0.1, 0.15) is 6.04 Å². The maximum absolute atomic E-state index is 11.5. The fourth-order valence-corrected chi connectivity index (χ4v) is 4.53. The molecule has 2 fully saturated rings. The molecule has 0 radical (unpaired) electrons. The molecule has 4 nitrogen and oxygen atoms in total. The molecule has 2 unspecified atom stereocenters. The molecule has 1 saturated heterocycles. The van der Waals surface area contributed by atoms with E-state index >= 15 is 0 Å². The molecule has 2 N–H and O–H groups in total. The minimum absolute atomic E-state index is 0.127. The Labute approximate surface area is 126 Å². The summed E-state index contributed by atoms with van der Waals surface area (Å²) in [6.45, 7) is 3.06. The molecule has 1 spiro atoms. The minimum Gasteiger partial charge on any atom is -0.465 e. The van der Waals surface area contributed by atoms with E-state index in [4.69, 9.17) is 15.2 Å². The molecule has 0 amide bonds. The van der Waals surface area contributed by atoms with Crippen LogP contribution in [0.15, 0.2) is 0 Å². The highest BCUT2D eigenvalue weighted by atomic mass is 32.2. The molecule has 0 bridgehead atoms. The first-order valence-corrected chi connectivity index (χ1v) is 8.88. The number of carbonyl (C=O) groups excluding carboxylic acids is 1. The Morgan fingerprint density at radius 2 is 2.20 bits per heavy atom. The van der Waals surface area contributed by atoms with Gasteiger partial charge in [-0.05, 0) is 32.6 Å². The molecule has 2 rings (SSSR count). The highest BCUT2D eigenvalue weighted by molar-refractivity contribution is 8.00. The van der Waals surface area contributed by atoms with Crippen LogP contribution in [-0.2, 0) is 14.3 Å². The van der Waals surface area contributed by atoms with Gasteiger partial charge in [-0.3, -0.25) is 4.79 Å². The largest absolute Gasteiger partial charge is 0.465 e. The van der Waals surface area contributed by atoms with Gasteiger partial charge in [0.05, 0.1) is 12.2 Å². The van der Waals surface area contributed by atoms with E-state index in [9.17, 15) is 4.79 Å². The molecule has 0 aromatic heterocycles. The zero-order valence-electron chi connectivity index (χ0n) is 12.4. The summed E-state index contributed by atoms with van der Waals surface area (Å²) in [4.78, 5) is 11.5. The van der Waals surface area contributed by atoms with Gasteiger partial charge in [-0.15, -0.1) is 0 Å². The van der Waals surface area contributed by atoms with Crippen LogP contribution in [0.4, 0.5) is 0 Å². The summed E-state index contributed by atoms with van der Waals surface area (Å²) in [5, 5.41) is 0.572. The topological polar surface area (TPSA) is 61.5 Å². The number of thioether (sulfide) groups is 1. The van der Waals surface area contributed by atoms with Crippen molar-refractivity contribution in [3.63, 3.8) is 0 Å². The summed E-state index contributed by atoms with van der Waals surface area (Å²) in [7, 11) is 0. The minimum atomic E-state index is -0.495. The SMILES string of the molecule is CCOC(=O)C(N)CSC1CCOC2(CCCCC2)C1. The molecule has 116 valence electrons. The Kier molecular flexibility index (Phi) is 6.18. The summed E-state index contributed by atoms with van der Waals surface area (Å²) in [5.74, 6) is 0.374. The normalized spacial score (nSPS) is 27.2. The molecule has 2 aliphatic rings. The maximum atomic E-state index is 11.5. The summed E-state index contributed by atoms with van der Waals surface area (Å²) >= 11 is 1.82. The maximum Gasteiger partial charge on any atom is 0.323 e. The predicted octanol–water partition coefficient (Wildman–Crippen LogP) is 2.49. The first-order chi connectivity index (χ1) is 9.65. The van der Waals surface area contributed by atoms with Crippen LogP contribution < -0.4 is 5.73 Å². The number of nitrogens with two attached hydrogens (primary N) is 1. The van der Waals surface area contributed by atoms with Gasteiger partial charge in [-0.2, -0.15) is 11.8 Å². The lowest BCUT2D eigenvalue weighted by Gasteiger charge is -2.43. The Hall–Kier alpha value is -0.260. The number of ether oxygens (including phenoxy) is 2. The van der Waals surface area contributed by atoms with E-state index < -0.39 is 6.04 Å². The summed E-state index contributed by atoms with van der Waals surface area (Å²) < 4.78 is 11.0. The molecule has 0 aromatic rings. The second-order valence-corrected chi connectivity index (χ2v) is 7.23. The molecule has 5 heteroatoms. The summed E-state index contributed by atoms with van der Waals surface area (Å²) in [6, 6.07) is -0.495. The van der Waals surface area contributed by atoms with Crippen molar-refractivity contribution in [1.29, 1.82) is 0 Å². The molecule has 1 aliphatic carbocycles. The van der Waals surface area contributed by atoms with Crippen molar-refractivity contribution in [3.05, 3.63) is 0 Å². The fraction of sp³-hybridized carbons (Fsp3) is 0.933. The fourth-order valence-electron chi connectivity index (χ4n) is 3.23. The molecular weight excluding hydrogens is 274 g/mol. The lowest BCUT2D eigenvalue weighted by atomic mass is 9.80. The smallest absolute Gasteiger partial charge is 0.323 e. The third kappa shape index (κ3) is 4.37. The molecule has 1 aliphatic heterocycles. The predicted molar refractivity (Wildman–Crippen MR) is 81.9 cm³/mol. The van der Waals surface area contributed by atoms with Gasteiger partial charge < -0.3 is 15.2 Å². The molecule has 0 aromatic carbocycles. The average Bonchev–Trinajstić information content (AvgIpc) is 2.46. The summed E-state index contributed by atoms with van der Waals surface area (Å²) in [5.41, 5.74) is 5.99. The van der Waals surface area contributed by atoms with Crippen molar-refractivity contribution in [1.82, 2.24) is 0 Å². The van der Waals surface area contributed by atoms with E-state index in [1.807, 2.05) is 18.7 Å². The van der Waals surface area contributed by atoms with Gasteiger partial charge in [0.2, 0.25) is 0 Å². The van der Waals surface area contributed by atoms with E-state index in [1.165, 1.54) is 32.1 Å². The van der Waals surface area contributed by atoms with Crippen LogP contribution in [0.5, 0.6) is 0 Å². The van der Waals surface area contributed by atoms with Crippen molar-refractivity contribution in [2.24, 2.45) is 5.73 Å². The number of rotatable bonds is 5. The van der Waals surface area contributed by atoms with Crippen LogP contribution in [0, 0.1) is 0 Å². The Morgan fingerprint density at radius 1 is 1.45 bits per heavy atom. The first-order valence-electron chi connectivity index (χ1n) is 7.83. The Bertz CT molecular complexity index is 313. The standard InChI is InChI=1S/C15H27NO3S/c1-2-18-14(17)13(16)11-20-12-6-9-19-15(10-12)7-4-3-5-8-15/h12-13H,2-11,16H2,1H3. The van der Waals surface area contributed by atoms with Crippen molar-refractivity contribution in [2.45, 2.75) is 68.8 Å². The van der Waals surface area contributed by atoms with Gasteiger partial charge in [0.15, 0.2) is 0 Å². The molecular formula is C15H27NO3S. The van der Waals surface area contributed by atoms with Crippen LogP contribution in [0.2, 0.25) is 0 Å².